The molecule has 0 aromatic rings. The Morgan fingerprint density at radius 1 is 0.750 bits per heavy atom. The highest BCUT2D eigenvalue weighted by Gasteiger charge is 2.33. The maximum absolute atomic E-state index is 12.4. The van der Waals surface area contributed by atoms with Crippen LogP contribution in [0.1, 0.15) is 106 Å². The van der Waals surface area contributed by atoms with Crippen LogP contribution in [0.5, 0.6) is 0 Å². The van der Waals surface area contributed by atoms with E-state index < -0.39 is 11.2 Å². The number of carbonyl (C=O) groups excluding carboxylic acids is 2. The third-order valence-corrected chi connectivity index (χ3v) is 6.07. The Labute approximate surface area is 195 Å². The van der Waals surface area contributed by atoms with E-state index in [9.17, 15) is 9.59 Å². The molecule has 0 aliphatic heterocycles. The highest BCUT2D eigenvalue weighted by atomic mass is 17.2. The van der Waals surface area contributed by atoms with Crippen molar-refractivity contribution < 1.29 is 29.1 Å². The zero-order chi connectivity index (χ0) is 24.6. The van der Waals surface area contributed by atoms with Crippen molar-refractivity contribution in [3.05, 3.63) is 25.3 Å². The topological polar surface area (TPSA) is 71.1 Å². The van der Waals surface area contributed by atoms with E-state index in [1.807, 2.05) is 13.8 Å². The van der Waals surface area contributed by atoms with Crippen LogP contribution in [0.3, 0.4) is 0 Å². The molecule has 186 valence electrons. The SMILES string of the molecule is C=CC(C)(CCC(C)(C=C)OOC(=O)C(CC)CCCC)OOC(=O)C(CC)CCCC. The summed E-state index contributed by atoms with van der Waals surface area (Å²) in [6.07, 6.45) is 11.0. The Morgan fingerprint density at radius 2 is 1.09 bits per heavy atom. The molecular formula is C26H46O6. The number of rotatable bonds is 19. The molecule has 0 aromatic heterocycles. The monoisotopic (exact) mass is 454 g/mol. The molecule has 0 bridgehead atoms. The van der Waals surface area contributed by atoms with Crippen LogP contribution in [0.4, 0.5) is 0 Å². The van der Waals surface area contributed by atoms with Crippen molar-refractivity contribution in [2.45, 2.75) is 117 Å². The normalized spacial score (nSPS) is 16.8. The summed E-state index contributed by atoms with van der Waals surface area (Å²) in [6, 6.07) is 0. The van der Waals surface area contributed by atoms with Crippen LogP contribution in [0.25, 0.3) is 0 Å². The molecule has 4 unspecified atom stereocenters. The van der Waals surface area contributed by atoms with Crippen molar-refractivity contribution in [3.8, 4) is 0 Å². The maximum atomic E-state index is 12.4. The Bertz CT molecular complexity index is 525. The molecule has 32 heavy (non-hydrogen) atoms. The minimum absolute atomic E-state index is 0.176. The Kier molecular flexibility index (Phi) is 15.2. The number of hydrogen-bond acceptors (Lipinski definition) is 6. The van der Waals surface area contributed by atoms with E-state index in [1.165, 1.54) is 0 Å². The van der Waals surface area contributed by atoms with Gasteiger partial charge in [0.25, 0.3) is 0 Å². The summed E-state index contributed by atoms with van der Waals surface area (Å²) in [7, 11) is 0. The van der Waals surface area contributed by atoms with Gasteiger partial charge in [0, 0.05) is 0 Å². The lowest BCUT2D eigenvalue weighted by molar-refractivity contribution is -0.334. The molecule has 0 fully saturated rings. The fraction of sp³-hybridized carbons (Fsp3) is 0.769. The summed E-state index contributed by atoms with van der Waals surface area (Å²) in [5, 5.41) is 0. The lowest BCUT2D eigenvalue weighted by Gasteiger charge is -2.30. The van der Waals surface area contributed by atoms with Crippen molar-refractivity contribution in [2.24, 2.45) is 11.8 Å². The summed E-state index contributed by atoms with van der Waals surface area (Å²) >= 11 is 0. The van der Waals surface area contributed by atoms with Gasteiger partial charge in [0.1, 0.15) is 11.2 Å². The molecule has 0 saturated carbocycles. The van der Waals surface area contributed by atoms with E-state index in [4.69, 9.17) is 19.6 Å². The second kappa shape index (κ2) is 16.0. The predicted molar refractivity (Wildman–Crippen MR) is 127 cm³/mol. The first-order valence-electron chi connectivity index (χ1n) is 12.2. The van der Waals surface area contributed by atoms with Crippen LogP contribution >= 0.6 is 0 Å². The first kappa shape index (κ1) is 30.3. The Balaban J connectivity index is 4.84. The van der Waals surface area contributed by atoms with Gasteiger partial charge < -0.3 is 0 Å². The number of hydrogen-bond donors (Lipinski definition) is 0. The summed E-state index contributed by atoms with van der Waals surface area (Å²) in [5.74, 6) is -1.07. The lowest BCUT2D eigenvalue weighted by atomic mass is 9.92. The molecule has 0 N–H and O–H groups in total. The second-order valence-corrected chi connectivity index (χ2v) is 9.00. The van der Waals surface area contributed by atoms with Gasteiger partial charge >= 0.3 is 11.9 Å². The molecule has 4 atom stereocenters. The average molecular weight is 455 g/mol. The molecule has 0 heterocycles. The van der Waals surface area contributed by atoms with Crippen molar-refractivity contribution in [3.63, 3.8) is 0 Å². The van der Waals surface area contributed by atoms with Crippen molar-refractivity contribution in [1.82, 2.24) is 0 Å². The van der Waals surface area contributed by atoms with Gasteiger partial charge in [-0.1, -0.05) is 65.5 Å². The van der Waals surface area contributed by atoms with Gasteiger partial charge in [0.15, 0.2) is 0 Å². The molecule has 0 aliphatic carbocycles. The molecule has 0 aromatic carbocycles. The molecule has 6 heteroatoms. The Morgan fingerprint density at radius 3 is 1.34 bits per heavy atom. The fourth-order valence-electron chi connectivity index (χ4n) is 3.14. The number of carbonyl (C=O) groups is 2. The van der Waals surface area contributed by atoms with Crippen LogP contribution in [-0.2, 0) is 29.1 Å². The maximum Gasteiger partial charge on any atom is 0.345 e. The summed E-state index contributed by atoms with van der Waals surface area (Å²) < 4.78 is 0. The standard InChI is InChI=1S/C26H46O6/c1-9-15-17-21(11-3)23(27)29-31-25(7,13-5)19-20-26(8,14-6)32-30-24(28)22(12-4)18-16-10-2/h13-14,21-22H,5-6,9-12,15-20H2,1-4,7-8H3. The quantitative estimate of drug-likeness (QED) is 0.118. The van der Waals surface area contributed by atoms with Crippen LogP contribution in [0.15, 0.2) is 25.3 Å². The molecule has 0 radical (unpaired) electrons. The van der Waals surface area contributed by atoms with E-state index >= 15 is 0 Å². The smallest absolute Gasteiger partial charge is 0.297 e. The van der Waals surface area contributed by atoms with Crippen LogP contribution in [0.2, 0.25) is 0 Å². The van der Waals surface area contributed by atoms with E-state index in [1.54, 1.807) is 26.0 Å². The van der Waals surface area contributed by atoms with Gasteiger partial charge in [-0.2, -0.15) is 9.78 Å². The molecule has 6 nitrogen and oxygen atoms in total. The van der Waals surface area contributed by atoms with Gasteiger partial charge in [-0.15, -0.1) is 13.2 Å². The Hall–Kier alpha value is -1.66. The zero-order valence-electron chi connectivity index (χ0n) is 21.2. The first-order chi connectivity index (χ1) is 15.1. The van der Waals surface area contributed by atoms with Gasteiger partial charge in [0.2, 0.25) is 0 Å². The molecular weight excluding hydrogens is 408 g/mol. The highest BCUT2D eigenvalue weighted by Crippen LogP contribution is 2.29. The first-order valence-corrected chi connectivity index (χ1v) is 12.2. The van der Waals surface area contributed by atoms with Crippen molar-refractivity contribution >= 4 is 11.9 Å². The lowest BCUT2D eigenvalue weighted by Crippen LogP contribution is -2.35. The summed E-state index contributed by atoms with van der Waals surface area (Å²) in [5.41, 5.74) is -1.83. The molecule has 0 spiro atoms. The number of unbranched alkanes of at least 4 members (excludes halogenated alkanes) is 2. The zero-order valence-corrected chi connectivity index (χ0v) is 21.2. The third-order valence-electron chi connectivity index (χ3n) is 6.07. The van der Waals surface area contributed by atoms with Crippen LogP contribution < -0.4 is 0 Å². The van der Waals surface area contributed by atoms with E-state index in [-0.39, 0.29) is 23.8 Å². The van der Waals surface area contributed by atoms with Gasteiger partial charge in [-0.25, -0.2) is 9.59 Å². The minimum Gasteiger partial charge on any atom is -0.297 e. The van der Waals surface area contributed by atoms with E-state index in [2.05, 4.69) is 27.0 Å². The van der Waals surface area contributed by atoms with Crippen molar-refractivity contribution in [1.29, 1.82) is 0 Å². The molecule has 0 rings (SSSR count). The second-order valence-electron chi connectivity index (χ2n) is 9.00. The van der Waals surface area contributed by atoms with Crippen LogP contribution in [0, 0.1) is 11.8 Å². The van der Waals surface area contributed by atoms with E-state index in [0.717, 1.165) is 38.5 Å². The largest absolute Gasteiger partial charge is 0.345 e. The predicted octanol–water partition coefficient (Wildman–Crippen LogP) is 7.04. The highest BCUT2D eigenvalue weighted by molar-refractivity contribution is 5.72. The van der Waals surface area contributed by atoms with E-state index in [0.29, 0.717) is 25.7 Å². The molecule has 0 amide bonds. The average Bonchev–Trinajstić information content (AvgIpc) is 2.81. The van der Waals surface area contributed by atoms with Crippen LogP contribution in [-0.4, -0.2) is 23.1 Å². The van der Waals surface area contributed by atoms with Gasteiger partial charge in [-0.3, -0.25) is 9.78 Å². The summed E-state index contributed by atoms with van der Waals surface area (Å²) in [4.78, 5) is 46.1. The fourth-order valence-corrected chi connectivity index (χ4v) is 3.14. The van der Waals surface area contributed by atoms with Gasteiger partial charge in [-0.05, 0) is 52.4 Å². The third kappa shape index (κ3) is 11.3. The molecule has 0 aliphatic rings. The van der Waals surface area contributed by atoms with Crippen molar-refractivity contribution in [2.75, 3.05) is 0 Å². The summed E-state index contributed by atoms with van der Waals surface area (Å²) in [6.45, 7) is 19.3. The molecule has 0 saturated heterocycles. The van der Waals surface area contributed by atoms with Gasteiger partial charge in [0.05, 0.1) is 11.8 Å². The minimum atomic E-state index is -0.913.